The van der Waals surface area contributed by atoms with E-state index in [4.69, 9.17) is 5.73 Å². The van der Waals surface area contributed by atoms with Crippen LogP contribution < -0.4 is 16.6 Å². The molecule has 0 atom stereocenters. The van der Waals surface area contributed by atoms with Gasteiger partial charge in [-0.15, -0.1) is 0 Å². The molecule has 0 saturated carbocycles. The molecule has 0 aliphatic rings. The number of fused-ring (bicyclic) bond motifs is 1. The van der Waals surface area contributed by atoms with Gasteiger partial charge in [-0.1, -0.05) is 18.2 Å². The van der Waals surface area contributed by atoms with Crippen molar-refractivity contribution < 1.29 is 32.3 Å². The highest BCUT2D eigenvalue weighted by molar-refractivity contribution is 6.07. The van der Waals surface area contributed by atoms with Crippen molar-refractivity contribution in [2.24, 2.45) is 0 Å². The number of rotatable bonds is 3. The molecule has 1 aromatic heterocycles. The zero-order valence-electron chi connectivity index (χ0n) is 14.9. The van der Waals surface area contributed by atoms with Gasteiger partial charge in [-0.05, 0) is 30.3 Å². The second kappa shape index (κ2) is 7.70. The summed E-state index contributed by atoms with van der Waals surface area (Å²) in [6.07, 6.45) is -5.33. The molecule has 0 saturated heterocycles. The van der Waals surface area contributed by atoms with Crippen LogP contribution in [0.4, 0.5) is 24.5 Å². The van der Waals surface area contributed by atoms with Gasteiger partial charge in [0, 0.05) is 11.1 Å². The lowest BCUT2D eigenvalue weighted by Gasteiger charge is -2.09. The standard InChI is InChI=1S/C19H12F3N3O5/c20-19(21,22)18(29)30-17(28)10-4-1-5-11(7-10)24-15(26)12-8-9-3-2-6-13(23)14(9)25-16(12)27/h1-8H,23H2,(H,24,26)(H,25,27). The van der Waals surface area contributed by atoms with Crippen LogP contribution in [0.2, 0.25) is 0 Å². The number of esters is 2. The SMILES string of the molecule is Nc1cccc2cc(C(=O)Nc3cccc(C(=O)OC(=O)C(F)(F)F)c3)c(=O)[nH]c12. The van der Waals surface area contributed by atoms with E-state index in [1.165, 1.54) is 18.2 Å². The Balaban J connectivity index is 1.83. The second-order valence-electron chi connectivity index (χ2n) is 6.03. The fourth-order valence-electron chi connectivity index (χ4n) is 2.55. The summed E-state index contributed by atoms with van der Waals surface area (Å²) in [5.74, 6) is -5.05. The van der Waals surface area contributed by atoms with E-state index >= 15 is 0 Å². The van der Waals surface area contributed by atoms with Crippen molar-refractivity contribution in [3.8, 4) is 0 Å². The predicted molar refractivity (Wildman–Crippen MR) is 99.9 cm³/mol. The lowest BCUT2D eigenvalue weighted by molar-refractivity contribution is -0.193. The summed E-state index contributed by atoms with van der Waals surface area (Å²) >= 11 is 0. The first-order valence-corrected chi connectivity index (χ1v) is 8.22. The summed E-state index contributed by atoms with van der Waals surface area (Å²) in [5.41, 5.74) is 5.05. The van der Waals surface area contributed by atoms with E-state index in [9.17, 15) is 32.3 Å². The molecule has 0 spiro atoms. The molecule has 11 heteroatoms. The van der Waals surface area contributed by atoms with E-state index in [0.29, 0.717) is 16.6 Å². The van der Waals surface area contributed by atoms with E-state index in [1.54, 1.807) is 18.2 Å². The van der Waals surface area contributed by atoms with Crippen LogP contribution in [0.3, 0.4) is 0 Å². The first-order valence-electron chi connectivity index (χ1n) is 8.22. The molecule has 3 rings (SSSR count). The third kappa shape index (κ3) is 4.29. The molecular weight excluding hydrogens is 407 g/mol. The summed E-state index contributed by atoms with van der Waals surface area (Å²) in [5, 5.41) is 2.85. The Kier molecular flexibility index (Phi) is 5.28. The molecule has 1 heterocycles. The number of amides is 1. The van der Waals surface area contributed by atoms with Crippen molar-refractivity contribution in [2.45, 2.75) is 6.18 Å². The highest BCUT2D eigenvalue weighted by Gasteiger charge is 2.42. The normalized spacial score (nSPS) is 11.2. The molecule has 0 radical (unpaired) electrons. The number of alkyl halides is 3. The molecule has 1 amide bonds. The number of H-pyrrole nitrogens is 1. The molecule has 30 heavy (non-hydrogen) atoms. The van der Waals surface area contributed by atoms with Gasteiger partial charge in [0.1, 0.15) is 5.56 Å². The van der Waals surface area contributed by atoms with E-state index in [0.717, 1.165) is 12.1 Å². The number of hydrogen-bond donors (Lipinski definition) is 3. The van der Waals surface area contributed by atoms with Crippen LogP contribution in [0.15, 0.2) is 53.3 Å². The van der Waals surface area contributed by atoms with Crippen molar-refractivity contribution in [1.29, 1.82) is 0 Å². The first kappa shape index (κ1) is 20.6. The highest BCUT2D eigenvalue weighted by atomic mass is 19.4. The van der Waals surface area contributed by atoms with Crippen LogP contribution >= 0.6 is 0 Å². The van der Waals surface area contributed by atoms with Gasteiger partial charge in [-0.25, -0.2) is 9.59 Å². The van der Waals surface area contributed by atoms with E-state index in [1.807, 2.05) is 0 Å². The van der Waals surface area contributed by atoms with Crippen molar-refractivity contribution in [2.75, 3.05) is 11.1 Å². The lowest BCUT2D eigenvalue weighted by Crippen LogP contribution is -2.28. The quantitative estimate of drug-likeness (QED) is 0.340. The summed E-state index contributed by atoms with van der Waals surface area (Å²) in [6.45, 7) is 0. The number of ether oxygens (including phenoxy) is 1. The summed E-state index contributed by atoms with van der Waals surface area (Å²) in [7, 11) is 0. The molecule has 8 nitrogen and oxygen atoms in total. The van der Waals surface area contributed by atoms with Crippen LogP contribution in [0.1, 0.15) is 20.7 Å². The van der Waals surface area contributed by atoms with Gasteiger partial charge in [-0.3, -0.25) is 9.59 Å². The third-order valence-electron chi connectivity index (χ3n) is 3.93. The number of carbonyl (C=O) groups is 3. The monoisotopic (exact) mass is 419 g/mol. The van der Waals surface area contributed by atoms with Gasteiger partial charge in [0.05, 0.1) is 16.8 Å². The van der Waals surface area contributed by atoms with E-state index in [2.05, 4.69) is 15.0 Å². The molecule has 154 valence electrons. The van der Waals surface area contributed by atoms with Crippen molar-refractivity contribution in [3.63, 3.8) is 0 Å². The molecular formula is C19H12F3N3O5. The van der Waals surface area contributed by atoms with Crippen LogP contribution in [0, 0.1) is 0 Å². The fourth-order valence-corrected chi connectivity index (χ4v) is 2.55. The summed E-state index contributed by atoms with van der Waals surface area (Å²) in [6, 6.07) is 10.8. The first-order chi connectivity index (χ1) is 14.1. The fraction of sp³-hybridized carbons (Fsp3) is 0.0526. The molecule has 0 bridgehead atoms. The van der Waals surface area contributed by atoms with Crippen LogP contribution in [-0.4, -0.2) is 29.0 Å². The molecule has 0 unspecified atom stereocenters. The number of hydrogen-bond acceptors (Lipinski definition) is 6. The largest absolute Gasteiger partial charge is 0.491 e. The Bertz CT molecular complexity index is 1230. The van der Waals surface area contributed by atoms with Gasteiger partial charge in [0.2, 0.25) is 0 Å². The second-order valence-corrected chi connectivity index (χ2v) is 6.03. The lowest BCUT2D eigenvalue weighted by atomic mass is 10.1. The molecule has 3 aromatic rings. The molecule has 2 aromatic carbocycles. The van der Waals surface area contributed by atoms with Gasteiger partial charge in [-0.2, -0.15) is 13.2 Å². The Hall–Kier alpha value is -4.15. The number of nitrogen functional groups attached to an aromatic ring is 1. The van der Waals surface area contributed by atoms with E-state index < -0.39 is 35.1 Å². The van der Waals surface area contributed by atoms with Gasteiger partial charge >= 0.3 is 18.1 Å². The van der Waals surface area contributed by atoms with Gasteiger partial charge in [0.15, 0.2) is 0 Å². The average molecular weight is 419 g/mol. The molecule has 0 fully saturated rings. The minimum Gasteiger partial charge on any atom is -0.397 e. The Morgan fingerprint density at radius 2 is 1.73 bits per heavy atom. The number of anilines is 2. The predicted octanol–water partition coefficient (Wildman–Crippen LogP) is 2.61. The summed E-state index contributed by atoms with van der Waals surface area (Å²) < 4.78 is 40.4. The Morgan fingerprint density at radius 3 is 2.43 bits per heavy atom. The minimum atomic E-state index is -5.33. The number of halogens is 3. The number of pyridine rings is 1. The van der Waals surface area contributed by atoms with E-state index in [-0.39, 0.29) is 11.3 Å². The number of nitrogens with two attached hydrogens (primary N) is 1. The molecule has 4 N–H and O–H groups in total. The Labute approximate surface area is 165 Å². The number of aromatic nitrogens is 1. The van der Waals surface area contributed by atoms with Crippen molar-refractivity contribution in [1.82, 2.24) is 4.98 Å². The highest BCUT2D eigenvalue weighted by Crippen LogP contribution is 2.20. The number of para-hydroxylation sites is 1. The Morgan fingerprint density at radius 1 is 1.03 bits per heavy atom. The van der Waals surface area contributed by atoms with Gasteiger partial charge in [0.25, 0.3) is 11.5 Å². The van der Waals surface area contributed by atoms with Crippen LogP contribution in [0.5, 0.6) is 0 Å². The van der Waals surface area contributed by atoms with Crippen molar-refractivity contribution >= 4 is 40.1 Å². The third-order valence-corrected chi connectivity index (χ3v) is 3.93. The number of benzene rings is 2. The smallest absolute Gasteiger partial charge is 0.397 e. The average Bonchev–Trinajstić information content (AvgIpc) is 2.67. The molecule has 0 aliphatic heterocycles. The topological polar surface area (TPSA) is 131 Å². The zero-order chi connectivity index (χ0) is 22.1. The molecule has 0 aliphatic carbocycles. The van der Waals surface area contributed by atoms with Crippen LogP contribution in [-0.2, 0) is 9.53 Å². The van der Waals surface area contributed by atoms with Gasteiger partial charge < -0.3 is 20.8 Å². The number of carbonyl (C=O) groups excluding carboxylic acids is 3. The maximum atomic E-state index is 12.5. The maximum absolute atomic E-state index is 12.5. The van der Waals surface area contributed by atoms with Crippen LogP contribution in [0.25, 0.3) is 10.9 Å². The maximum Gasteiger partial charge on any atom is 0.491 e. The number of aromatic amines is 1. The summed E-state index contributed by atoms with van der Waals surface area (Å²) in [4.78, 5) is 49.7. The zero-order valence-corrected chi connectivity index (χ0v) is 14.9. The minimum absolute atomic E-state index is 0.0130. The number of nitrogens with one attached hydrogen (secondary N) is 2. The van der Waals surface area contributed by atoms with Crippen molar-refractivity contribution in [3.05, 3.63) is 70.0 Å².